The molecule has 3 aromatic carbocycles. The van der Waals surface area contributed by atoms with Crippen molar-refractivity contribution in [2.24, 2.45) is 0 Å². The Morgan fingerprint density at radius 2 is 1.19 bits per heavy atom. The highest BCUT2D eigenvalue weighted by Gasteiger charge is 2.40. The molecule has 0 heterocycles. The molecular weight excluding hydrogens is 407 g/mol. The van der Waals surface area contributed by atoms with Crippen LogP contribution in [-0.2, 0) is 18.9 Å². The molecule has 5 heteroatoms. The zero-order valence-corrected chi connectivity index (χ0v) is 18.9. The van der Waals surface area contributed by atoms with Gasteiger partial charge in [0.1, 0.15) is 5.60 Å². The Morgan fingerprint density at radius 3 is 1.61 bits per heavy atom. The van der Waals surface area contributed by atoms with Crippen LogP contribution in [0, 0.1) is 0 Å². The van der Waals surface area contributed by atoms with E-state index in [1.165, 1.54) is 0 Å². The second kappa shape index (κ2) is 9.45. The molecule has 3 rings (SSSR count). The Balaban J connectivity index is 2.13. The number of Topliss-reactive ketones (excluding diaryl/α,β-unsaturated/α-hetero) is 1. The van der Waals surface area contributed by atoms with E-state index in [2.05, 4.69) is 0 Å². The number of ketones is 1. The SMILES string of the molecule is CC(C)(C)OC(=O)C(=O)CC(c1ccccc1)P(=O)(c1ccccc1)c1ccccc1. The predicted molar refractivity (Wildman–Crippen MR) is 124 cm³/mol. The van der Waals surface area contributed by atoms with Gasteiger partial charge in [-0.15, -0.1) is 0 Å². The molecule has 1 unspecified atom stereocenters. The molecule has 1 atom stereocenters. The molecule has 160 valence electrons. The summed E-state index contributed by atoms with van der Waals surface area (Å²) in [4.78, 5) is 25.4. The van der Waals surface area contributed by atoms with Gasteiger partial charge in [-0.05, 0) is 26.3 Å². The van der Waals surface area contributed by atoms with Gasteiger partial charge in [-0.1, -0.05) is 91.0 Å². The van der Waals surface area contributed by atoms with Crippen LogP contribution in [0.4, 0.5) is 0 Å². The standard InChI is InChI=1S/C26H27O4P/c1-26(2,3)30-25(28)23(27)19-24(20-13-7-4-8-14-20)31(29,21-15-9-5-10-16-21)22-17-11-6-12-18-22/h4-18,24H,19H2,1-3H3. The molecule has 0 amide bonds. The van der Waals surface area contributed by atoms with E-state index < -0.39 is 30.2 Å². The lowest BCUT2D eigenvalue weighted by molar-refractivity contribution is -0.162. The fourth-order valence-corrected chi connectivity index (χ4v) is 6.80. The smallest absolute Gasteiger partial charge is 0.375 e. The van der Waals surface area contributed by atoms with Crippen LogP contribution in [0.25, 0.3) is 0 Å². The average Bonchev–Trinajstić information content (AvgIpc) is 2.77. The lowest BCUT2D eigenvalue weighted by Crippen LogP contribution is -2.31. The summed E-state index contributed by atoms with van der Waals surface area (Å²) in [5.74, 6) is -1.59. The van der Waals surface area contributed by atoms with E-state index in [1.807, 2.05) is 91.0 Å². The van der Waals surface area contributed by atoms with Gasteiger partial charge < -0.3 is 9.30 Å². The van der Waals surface area contributed by atoms with Gasteiger partial charge in [-0.25, -0.2) is 4.79 Å². The molecule has 0 N–H and O–H groups in total. The number of ether oxygens (including phenoxy) is 1. The fraction of sp³-hybridized carbons (Fsp3) is 0.231. The predicted octanol–water partition coefficient (Wildman–Crippen LogP) is 5.04. The molecule has 4 nitrogen and oxygen atoms in total. The Labute approximate surface area is 183 Å². The van der Waals surface area contributed by atoms with Crippen molar-refractivity contribution in [1.29, 1.82) is 0 Å². The first kappa shape index (κ1) is 22.7. The Kier molecular flexibility index (Phi) is 6.92. The Bertz CT molecular complexity index is 1030. The number of hydrogen-bond donors (Lipinski definition) is 0. The quantitative estimate of drug-likeness (QED) is 0.297. The summed E-state index contributed by atoms with van der Waals surface area (Å²) in [7, 11) is -3.33. The molecule has 0 saturated heterocycles. The molecule has 0 bridgehead atoms. The number of carbonyl (C=O) groups excluding carboxylic acids is 2. The van der Waals surface area contributed by atoms with Gasteiger partial charge in [0.05, 0.1) is 5.66 Å². The first-order chi connectivity index (χ1) is 14.7. The van der Waals surface area contributed by atoms with Gasteiger partial charge in [-0.2, -0.15) is 0 Å². The van der Waals surface area contributed by atoms with Gasteiger partial charge in [-0.3, -0.25) is 4.79 Å². The number of benzene rings is 3. The second-order valence-corrected chi connectivity index (χ2v) is 11.4. The minimum absolute atomic E-state index is 0.208. The number of hydrogen-bond acceptors (Lipinski definition) is 4. The third-order valence-corrected chi connectivity index (χ3v) is 8.40. The molecule has 0 radical (unpaired) electrons. The van der Waals surface area contributed by atoms with Crippen molar-refractivity contribution in [2.45, 2.75) is 38.5 Å². The molecule has 3 aromatic rings. The first-order valence-electron chi connectivity index (χ1n) is 10.2. The van der Waals surface area contributed by atoms with Gasteiger partial charge in [0.15, 0.2) is 7.14 Å². The maximum absolute atomic E-state index is 14.9. The van der Waals surface area contributed by atoms with Gasteiger partial charge in [0.25, 0.3) is 0 Å². The minimum Gasteiger partial charge on any atom is -0.454 e. The van der Waals surface area contributed by atoms with E-state index in [0.717, 1.165) is 5.56 Å². The van der Waals surface area contributed by atoms with Crippen molar-refractivity contribution < 1.29 is 18.9 Å². The lowest BCUT2D eigenvalue weighted by atomic mass is 10.1. The highest BCUT2D eigenvalue weighted by molar-refractivity contribution is 7.79. The van der Waals surface area contributed by atoms with Gasteiger partial charge in [0, 0.05) is 17.0 Å². The lowest BCUT2D eigenvalue weighted by Gasteiger charge is -2.29. The van der Waals surface area contributed by atoms with E-state index in [0.29, 0.717) is 10.6 Å². The highest BCUT2D eigenvalue weighted by atomic mass is 31.2. The molecule has 0 aliphatic rings. The van der Waals surface area contributed by atoms with Crippen molar-refractivity contribution in [3.8, 4) is 0 Å². The van der Waals surface area contributed by atoms with Crippen molar-refractivity contribution in [3.63, 3.8) is 0 Å². The van der Waals surface area contributed by atoms with Gasteiger partial charge >= 0.3 is 5.97 Å². The summed E-state index contributed by atoms with van der Waals surface area (Å²) in [6, 6.07) is 27.6. The number of rotatable bonds is 7. The maximum Gasteiger partial charge on any atom is 0.375 e. The van der Waals surface area contributed by atoms with Crippen molar-refractivity contribution in [3.05, 3.63) is 96.6 Å². The Hall–Kier alpha value is -2.97. The summed E-state index contributed by atoms with van der Waals surface area (Å²) >= 11 is 0. The zero-order valence-electron chi connectivity index (χ0n) is 18.0. The van der Waals surface area contributed by atoms with Crippen molar-refractivity contribution in [2.75, 3.05) is 0 Å². The molecule has 0 aromatic heterocycles. The zero-order chi connectivity index (χ0) is 22.5. The largest absolute Gasteiger partial charge is 0.454 e. The molecule has 0 aliphatic carbocycles. The van der Waals surface area contributed by atoms with Crippen LogP contribution < -0.4 is 10.6 Å². The highest BCUT2D eigenvalue weighted by Crippen LogP contribution is 2.58. The van der Waals surface area contributed by atoms with E-state index >= 15 is 0 Å². The number of carbonyl (C=O) groups is 2. The molecule has 31 heavy (non-hydrogen) atoms. The first-order valence-corrected chi connectivity index (χ1v) is 12.0. The molecule has 0 spiro atoms. The van der Waals surface area contributed by atoms with Crippen LogP contribution in [0.5, 0.6) is 0 Å². The topological polar surface area (TPSA) is 60.4 Å². The van der Waals surface area contributed by atoms with Crippen LogP contribution in [0.2, 0.25) is 0 Å². The summed E-state index contributed by atoms with van der Waals surface area (Å²) in [6.07, 6.45) is -0.208. The van der Waals surface area contributed by atoms with Crippen molar-refractivity contribution >= 4 is 29.5 Å². The van der Waals surface area contributed by atoms with E-state index in [4.69, 9.17) is 4.74 Å². The van der Waals surface area contributed by atoms with Crippen LogP contribution in [0.1, 0.15) is 38.4 Å². The average molecular weight is 434 g/mol. The third-order valence-electron chi connectivity index (χ3n) is 4.91. The van der Waals surface area contributed by atoms with Crippen LogP contribution >= 0.6 is 7.14 Å². The monoisotopic (exact) mass is 434 g/mol. The van der Waals surface area contributed by atoms with Crippen LogP contribution in [0.3, 0.4) is 0 Å². The normalized spacial score (nSPS) is 12.7. The fourth-order valence-electron chi connectivity index (χ4n) is 3.53. The Morgan fingerprint density at radius 1 is 0.774 bits per heavy atom. The summed E-state index contributed by atoms with van der Waals surface area (Å²) in [6.45, 7) is 5.14. The van der Waals surface area contributed by atoms with Crippen LogP contribution in [0.15, 0.2) is 91.0 Å². The number of esters is 1. The minimum atomic E-state index is -3.33. The third kappa shape index (κ3) is 5.39. The summed E-state index contributed by atoms with van der Waals surface area (Å²) in [5.41, 5.74) is -0.730. The molecular formula is C26H27O4P. The van der Waals surface area contributed by atoms with E-state index in [1.54, 1.807) is 20.8 Å². The summed E-state index contributed by atoms with van der Waals surface area (Å²) in [5, 5.41) is 1.29. The molecule has 0 saturated carbocycles. The second-order valence-electron chi connectivity index (χ2n) is 8.38. The van der Waals surface area contributed by atoms with E-state index in [-0.39, 0.29) is 6.42 Å². The van der Waals surface area contributed by atoms with Crippen molar-refractivity contribution in [1.82, 2.24) is 0 Å². The molecule has 0 fully saturated rings. The maximum atomic E-state index is 14.9. The summed E-state index contributed by atoms with van der Waals surface area (Å²) < 4.78 is 20.1. The van der Waals surface area contributed by atoms with Gasteiger partial charge in [0.2, 0.25) is 5.78 Å². The van der Waals surface area contributed by atoms with Crippen LogP contribution in [-0.4, -0.2) is 17.4 Å². The molecule has 0 aliphatic heterocycles. The van der Waals surface area contributed by atoms with E-state index in [9.17, 15) is 14.2 Å².